The molecule has 0 saturated heterocycles. The highest BCUT2D eigenvalue weighted by molar-refractivity contribution is 5.99. The molecule has 5 N–H and O–H groups in total. The number of aliphatic imine (C=N–C) groups is 1. The van der Waals surface area contributed by atoms with Crippen molar-refractivity contribution in [3.63, 3.8) is 0 Å². The predicted octanol–water partition coefficient (Wildman–Crippen LogP) is 1.12. The molecule has 0 spiro atoms. The van der Waals surface area contributed by atoms with E-state index in [0.29, 0.717) is 17.8 Å². The third kappa shape index (κ3) is 2.65. The van der Waals surface area contributed by atoms with Crippen LogP contribution in [-0.4, -0.2) is 12.1 Å². The summed E-state index contributed by atoms with van der Waals surface area (Å²) in [6.45, 7) is 5.88. The van der Waals surface area contributed by atoms with Gasteiger partial charge in [-0.1, -0.05) is 18.7 Å². The van der Waals surface area contributed by atoms with Crippen molar-refractivity contribution in [1.82, 2.24) is 5.32 Å². The summed E-state index contributed by atoms with van der Waals surface area (Å²) < 4.78 is 0. The molecule has 1 aromatic carbocycles. The van der Waals surface area contributed by atoms with E-state index in [9.17, 15) is 4.79 Å². The first-order chi connectivity index (χ1) is 8.99. The second kappa shape index (κ2) is 4.97. The van der Waals surface area contributed by atoms with E-state index in [2.05, 4.69) is 16.9 Å². The van der Waals surface area contributed by atoms with Crippen LogP contribution < -0.4 is 16.8 Å². The largest absolute Gasteiger partial charge is 0.398 e. The molecule has 0 fully saturated rings. The molecule has 1 aromatic rings. The number of carbonyl (C=O) groups is 1. The summed E-state index contributed by atoms with van der Waals surface area (Å²) in [6.07, 6.45) is 1.56. The Kier molecular flexibility index (Phi) is 3.37. The van der Waals surface area contributed by atoms with Crippen molar-refractivity contribution >= 4 is 17.8 Å². The Labute approximate surface area is 111 Å². The quantitative estimate of drug-likeness (QED) is 0.707. The maximum atomic E-state index is 11.6. The number of hydrogen-bond acceptors (Lipinski definition) is 4. The van der Waals surface area contributed by atoms with E-state index in [0.717, 1.165) is 16.7 Å². The number of rotatable bonds is 3. The van der Waals surface area contributed by atoms with Crippen molar-refractivity contribution in [3.8, 4) is 0 Å². The fraction of sp³-hybridized carbons (Fsp3) is 0.143. The van der Waals surface area contributed by atoms with Crippen molar-refractivity contribution in [1.29, 1.82) is 0 Å². The fourth-order valence-electron chi connectivity index (χ4n) is 1.86. The van der Waals surface area contributed by atoms with Crippen LogP contribution in [0.15, 0.2) is 41.2 Å². The molecular formula is C14H16N4O. The lowest BCUT2D eigenvalue weighted by Crippen LogP contribution is -2.12. The first-order valence-electron chi connectivity index (χ1n) is 5.85. The number of nitrogens with one attached hydrogen (secondary N) is 1. The van der Waals surface area contributed by atoms with Crippen LogP contribution in [0.4, 0.5) is 0 Å². The number of nitrogens with zero attached hydrogens (tertiary/aromatic N) is 1. The minimum atomic E-state index is -0.0636. The Bertz CT molecular complexity index is 614. The topological polar surface area (TPSA) is 93.5 Å². The summed E-state index contributed by atoms with van der Waals surface area (Å²) in [5.41, 5.74) is 15.2. The molecule has 1 aliphatic rings. The molecule has 2 rings (SSSR count). The zero-order valence-corrected chi connectivity index (χ0v) is 10.7. The summed E-state index contributed by atoms with van der Waals surface area (Å²) in [5, 5.41) is 2.77. The van der Waals surface area contributed by atoms with Crippen molar-refractivity contribution in [2.45, 2.75) is 13.5 Å². The van der Waals surface area contributed by atoms with Crippen LogP contribution in [0.5, 0.6) is 0 Å². The lowest BCUT2D eigenvalue weighted by atomic mass is 10.0. The van der Waals surface area contributed by atoms with Gasteiger partial charge in [-0.15, -0.1) is 0 Å². The molecule has 0 saturated carbocycles. The minimum absolute atomic E-state index is 0.0636. The molecule has 0 radical (unpaired) electrons. The van der Waals surface area contributed by atoms with Crippen LogP contribution in [0.1, 0.15) is 28.4 Å². The predicted molar refractivity (Wildman–Crippen MR) is 76.2 cm³/mol. The van der Waals surface area contributed by atoms with Gasteiger partial charge in [-0.3, -0.25) is 4.79 Å². The maximum absolute atomic E-state index is 11.6. The van der Waals surface area contributed by atoms with Crippen LogP contribution in [0.25, 0.3) is 5.70 Å². The molecule has 5 nitrogen and oxygen atoms in total. The van der Waals surface area contributed by atoms with E-state index < -0.39 is 0 Å². The van der Waals surface area contributed by atoms with E-state index in [1.807, 2.05) is 19.1 Å². The number of fused-ring (bicyclic) bond motifs is 1. The van der Waals surface area contributed by atoms with E-state index in [1.54, 1.807) is 12.3 Å². The van der Waals surface area contributed by atoms with Crippen LogP contribution in [-0.2, 0) is 6.54 Å². The fourth-order valence-corrected chi connectivity index (χ4v) is 1.86. The molecule has 0 atom stereocenters. The zero-order valence-electron chi connectivity index (χ0n) is 10.7. The van der Waals surface area contributed by atoms with E-state index in [-0.39, 0.29) is 11.7 Å². The summed E-state index contributed by atoms with van der Waals surface area (Å²) in [6, 6.07) is 5.59. The lowest BCUT2D eigenvalue weighted by molar-refractivity contribution is 0.0965. The third-order valence-electron chi connectivity index (χ3n) is 2.95. The van der Waals surface area contributed by atoms with Gasteiger partial charge >= 0.3 is 0 Å². The minimum Gasteiger partial charge on any atom is -0.398 e. The zero-order chi connectivity index (χ0) is 14.0. The lowest BCUT2D eigenvalue weighted by Gasteiger charge is -2.06. The number of amides is 1. The van der Waals surface area contributed by atoms with Gasteiger partial charge in [0.15, 0.2) is 0 Å². The first kappa shape index (κ1) is 12.9. The van der Waals surface area contributed by atoms with Crippen molar-refractivity contribution in [2.75, 3.05) is 0 Å². The monoisotopic (exact) mass is 256 g/mol. The number of carbonyl (C=O) groups excluding carboxylic acids is 1. The molecule has 19 heavy (non-hydrogen) atoms. The highest BCUT2D eigenvalue weighted by Crippen LogP contribution is 2.21. The van der Waals surface area contributed by atoms with Gasteiger partial charge in [0.25, 0.3) is 5.91 Å². The van der Waals surface area contributed by atoms with Crippen LogP contribution in [0, 0.1) is 0 Å². The summed E-state index contributed by atoms with van der Waals surface area (Å²) in [7, 11) is 0. The Morgan fingerprint density at radius 2 is 2.21 bits per heavy atom. The first-order valence-corrected chi connectivity index (χ1v) is 5.85. The average Bonchev–Trinajstić information content (AvgIpc) is 2.76. The van der Waals surface area contributed by atoms with Gasteiger partial charge in [0.2, 0.25) is 0 Å². The summed E-state index contributed by atoms with van der Waals surface area (Å²) in [5.74, 6) is 0.159. The molecule has 0 bridgehead atoms. The highest BCUT2D eigenvalue weighted by atomic mass is 16.1. The molecule has 1 amide bonds. The van der Waals surface area contributed by atoms with Crippen molar-refractivity contribution in [2.24, 2.45) is 16.5 Å². The van der Waals surface area contributed by atoms with Gasteiger partial charge in [-0.2, -0.15) is 0 Å². The molecule has 98 valence electrons. The SMILES string of the molecule is C=C(N)N=C/C(C)=C(\N)c1ccc2c(c1)C(=O)NC2. The molecule has 5 heteroatoms. The van der Waals surface area contributed by atoms with Gasteiger partial charge in [0.05, 0.1) is 0 Å². The van der Waals surface area contributed by atoms with Gasteiger partial charge in [-0.05, 0) is 29.7 Å². The smallest absolute Gasteiger partial charge is 0.251 e. The normalized spacial score (nSPS) is 15.1. The Morgan fingerprint density at radius 1 is 1.47 bits per heavy atom. The van der Waals surface area contributed by atoms with E-state index in [4.69, 9.17) is 11.5 Å². The summed E-state index contributed by atoms with van der Waals surface area (Å²) in [4.78, 5) is 15.5. The second-order valence-electron chi connectivity index (χ2n) is 4.40. The van der Waals surface area contributed by atoms with E-state index >= 15 is 0 Å². The number of hydrogen-bond donors (Lipinski definition) is 3. The second-order valence-corrected chi connectivity index (χ2v) is 4.40. The molecular weight excluding hydrogens is 240 g/mol. The van der Waals surface area contributed by atoms with Gasteiger partial charge in [0.1, 0.15) is 5.82 Å². The Morgan fingerprint density at radius 3 is 2.89 bits per heavy atom. The average molecular weight is 256 g/mol. The van der Waals surface area contributed by atoms with Crippen molar-refractivity contribution < 1.29 is 4.79 Å². The highest BCUT2D eigenvalue weighted by Gasteiger charge is 2.19. The summed E-state index contributed by atoms with van der Waals surface area (Å²) >= 11 is 0. The molecule has 1 aliphatic heterocycles. The number of benzene rings is 1. The molecule has 0 aliphatic carbocycles. The number of nitrogens with two attached hydrogens (primary N) is 2. The molecule has 0 aromatic heterocycles. The Balaban J connectivity index is 2.37. The van der Waals surface area contributed by atoms with Gasteiger partial charge in [0, 0.05) is 24.0 Å². The molecule has 0 unspecified atom stereocenters. The standard InChI is InChI=1S/C14H16N4O/c1-8(6-17-9(2)15)13(16)10-3-4-11-7-18-14(19)12(11)5-10/h3-6H,2,7,15-16H2,1H3,(H,18,19)/b13-8-,17-6?. The van der Waals surface area contributed by atoms with Crippen molar-refractivity contribution in [3.05, 3.63) is 52.9 Å². The van der Waals surface area contributed by atoms with Crippen LogP contribution >= 0.6 is 0 Å². The van der Waals surface area contributed by atoms with E-state index in [1.165, 1.54) is 0 Å². The third-order valence-corrected chi connectivity index (χ3v) is 2.95. The Hall–Kier alpha value is -2.56. The van der Waals surface area contributed by atoms with Crippen LogP contribution in [0.3, 0.4) is 0 Å². The van der Waals surface area contributed by atoms with Gasteiger partial charge < -0.3 is 16.8 Å². The van der Waals surface area contributed by atoms with Gasteiger partial charge in [-0.25, -0.2) is 4.99 Å². The maximum Gasteiger partial charge on any atom is 0.251 e. The number of allylic oxidation sites excluding steroid dienone is 1. The molecule has 1 heterocycles. The van der Waals surface area contributed by atoms with Crippen LogP contribution in [0.2, 0.25) is 0 Å².